The van der Waals surface area contributed by atoms with Crippen LogP contribution in [0.5, 0.6) is 0 Å². The molecule has 0 spiro atoms. The summed E-state index contributed by atoms with van der Waals surface area (Å²) in [6, 6.07) is 12.3. The Bertz CT molecular complexity index is 2090. The lowest BCUT2D eigenvalue weighted by atomic mass is 9.95. The van der Waals surface area contributed by atoms with Crippen LogP contribution in [0.25, 0.3) is 22.3 Å². The lowest BCUT2D eigenvalue weighted by Gasteiger charge is -2.37. The van der Waals surface area contributed by atoms with Crippen molar-refractivity contribution < 1.29 is 28.9 Å². The molecule has 55 heavy (non-hydrogen) atoms. The molecule has 2 saturated heterocycles. The molecule has 6 rings (SSSR count). The molecule has 4 heterocycles. The molecular weight excluding hydrogens is 701 g/mol. The van der Waals surface area contributed by atoms with Gasteiger partial charge in [0.15, 0.2) is 0 Å². The van der Waals surface area contributed by atoms with Gasteiger partial charge in [0, 0.05) is 24.2 Å². The normalized spacial score (nSPS) is 19.5. The number of carbonyl (C=O) groups excluding carboxylic acids is 3. The number of nitrogens with one attached hydrogen (secondary N) is 3. The Morgan fingerprint density at radius 1 is 0.982 bits per heavy atom. The van der Waals surface area contributed by atoms with Crippen LogP contribution in [-0.4, -0.2) is 93.4 Å². The summed E-state index contributed by atoms with van der Waals surface area (Å²) in [5.74, 6) is 7.63. The zero-order chi connectivity index (χ0) is 39.3. The average molecular weight is 751 g/mol. The summed E-state index contributed by atoms with van der Waals surface area (Å²) >= 11 is 0. The van der Waals surface area contributed by atoms with E-state index in [2.05, 4.69) is 42.0 Å². The summed E-state index contributed by atoms with van der Waals surface area (Å²) in [6.07, 6.45) is 5.60. The standard InChI is InChI=1S/C41H50N8O6/c1-25(2)34(43-24-55-54-7)37(50)48-20-8-10-33(48)36-42-23-32(44-36)29-16-13-27(14-17-29)11-12-28-15-18-30-31(22-28)46-39(45-30)41(5)19-9-21-49(41)38(51)35(26(3)4)47-40(52)53-6/h13-18,22-26,33-35H,8-10,19-21H2,1-7H3,(H,42,44)(H,45,46)(H,47,52)/b43-24-/t33-,34-,35-,41-/m0/s1. The highest BCUT2D eigenvalue weighted by atomic mass is 17.2. The number of likely N-dealkylation sites (tertiary alicyclic amines) is 2. The van der Waals surface area contributed by atoms with Gasteiger partial charge >= 0.3 is 6.09 Å². The number of hydrogen-bond donors (Lipinski definition) is 3. The molecular formula is C41H50N8O6. The van der Waals surface area contributed by atoms with Crippen LogP contribution in [0.15, 0.2) is 53.7 Å². The zero-order valence-corrected chi connectivity index (χ0v) is 32.5. The second-order valence-corrected chi connectivity index (χ2v) is 14.9. The fraction of sp³-hybridized carbons (Fsp3) is 0.463. The number of hydrogen-bond acceptors (Lipinski definition) is 9. The van der Waals surface area contributed by atoms with Crippen LogP contribution in [0.2, 0.25) is 0 Å². The number of imidazole rings is 2. The van der Waals surface area contributed by atoms with Gasteiger partial charge in [0.25, 0.3) is 0 Å². The number of amides is 3. The van der Waals surface area contributed by atoms with Gasteiger partial charge in [-0.15, -0.1) is 0 Å². The maximum atomic E-state index is 13.7. The van der Waals surface area contributed by atoms with Crippen LogP contribution in [0.3, 0.4) is 0 Å². The molecule has 2 aromatic carbocycles. The minimum Gasteiger partial charge on any atom is -0.453 e. The molecule has 290 valence electrons. The van der Waals surface area contributed by atoms with Gasteiger partial charge in [-0.05, 0) is 80.3 Å². The zero-order valence-electron chi connectivity index (χ0n) is 32.5. The molecule has 4 atom stereocenters. The molecule has 0 bridgehead atoms. The molecule has 2 aliphatic heterocycles. The van der Waals surface area contributed by atoms with Crippen molar-refractivity contribution in [2.75, 3.05) is 27.3 Å². The van der Waals surface area contributed by atoms with Crippen LogP contribution >= 0.6 is 0 Å². The Morgan fingerprint density at radius 2 is 1.73 bits per heavy atom. The molecule has 3 amide bonds. The number of aliphatic imine (C=N–C) groups is 1. The smallest absolute Gasteiger partial charge is 0.407 e. The van der Waals surface area contributed by atoms with E-state index in [1.807, 2.05) is 86.9 Å². The highest BCUT2D eigenvalue weighted by Crippen LogP contribution is 2.39. The quantitative estimate of drug-likeness (QED) is 0.0563. The molecule has 2 aliphatic rings. The number of alkyl carbamates (subject to hydrolysis) is 1. The second-order valence-electron chi connectivity index (χ2n) is 14.9. The van der Waals surface area contributed by atoms with E-state index >= 15 is 0 Å². The van der Waals surface area contributed by atoms with E-state index < -0.39 is 23.7 Å². The molecule has 2 fully saturated rings. The fourth-order valence-corrected chi connectivity index (χ4v) is 7.44. The molecule has 14 heteroatoms. The van der Waals surface area contributed by atoms with Crippen molar-refractivity contribution in [1.29, 1.82) is 0 Å². The summed E-state index contributed by atoms with van der Waals surface area (Å²) in [5, 5.41) is 2.71. The van der Waals surface area contributed by atoms with E-state index in [-0.39, 0.29) is 29.7 Å². The van der Waals surface area contributed by atoms with Gasteiger partial charge in [0.2, 0.25) is 18.2 Å². The van der Waals surface area contributed by atoms with Gasteiger partial charge in [0.1, 0.15) is 23.7 Å². The van der Waals surface area contributed by atoms with Crippen molar-refractivity contribution >= 4 is 35.3 Å². The Morgan fingerprint density at radius 3 is 2.44 bits per heavy atom. The Labute approximate surface area is 321 Å². The summed E-state index contributed by atoms with van der Waals surface area (Å²) in [6.45, 7) is 10.9. The van der Waals surface area contributed by atoms with E-state index in [9.17, 15) is 14.4 Å². The number of nitrogens with zero attached hydrogens (tertiary/aromatic N) is 5. The lowest BCUT2D eigenvalue weighted by molar-refractivity contribution is -0.188. The monoisotopic (exact) mass is 750 g/mol. The summed E-state index contributed by atoms with van der Waals surface area (Å²) in [4.78, 5) is 73.1. The van der Waals surface area contributed by atoms with Crippen LogP contribution < -0.4 is 5.32 Å². The number of rotatable bonds is 11. The fourth-order valence-electron chi connectivity index (χ4n) is 7.44. The number of carbonyl (C=O) groups is 3. The first-order chi connectivity index (χ1) is 26.4. The molecule has 0 unspecified atom stereocenters. The number of benzene rings is 2. The van der Waals surface area contributed by atoms with Gasteiger partial charge in [0.05, 0.1) is 48.7 Å². The molecule has 0 aliphatic carbocycles. The highest BCUT2D eigenvalue weighted by Gasteiger charge is 2.46. The molecule has 3 N–H and O–H groups in total. The highest BCUT2D eigenvalue weighted by molar-refractivity contribution is 5.87. The summed E-state index contributed by atoms with van der Waals surface area (Å²) in [5.41, 5.74) is 4.45. The number of aromatic amines is 2. The molecule has 4 aromatic rings. The molecule has 14 nitrogen and oxygen atoms in total. The van der Waals surface area contributed by atoms with Crippen molar-refractivity contribution in [2.45, 2.75) is 84.0 Å². The topological polar surface area (TPSA) is 167 Å². The maximum absolute atomic E-state index is 13.7. The largest absolute Gasteiger partial charge is 0.453 e. The number of H-pyrrole nitrogens is 2. The third-order valence-electron chi connectivity index (χ3n) is 10.5. The minimum absolute atomic E-state index is 0.0152. The Balaban J connectivity index is 1.14. The van der Waals surface area contributed by atoms with E-state index in [1.165, 1.54) is 20.6 Å². The third kappa shape index (κ3) is 8.37. The van der Waals surface area contributed by atoms with E-state index in [0.717, 1.165) is 64.9 Å². The van der Waals surface area contributed by atoms with Crippen molar-refractivity contribution in [3.8, 4) is 23.1 Å². The van der Waals surface area contributed by atoms with Crippen LogP contribution in [0.4, 0.5) is 4.79 Å². The van der Waals surface area contributed by atoms with Crippen LogP contribution in [-0.2, 0) is 29.6 Å². The molecule has 0 radical (unpaired) electrons. The van der Waals surface area contributed by atoms with E-state index in [4.69, 9.17) is 14.6 Å². The lowest BCUT2D eigenvalue weighted by Crippen LogP contribution is -2.55. The first-order valence-electron chi connectivity index (χ1n) is 18.8. The molecule has 2 aromatic heterocycles. The van der Waals surface area contributed by atoms with Crippen molar-refractivity contribution in [1.82, 2.24) is 35.1 Å². The first kappa shape index (κ1) is 39.0. The van der Waals surface area contributed by atoms with Crippen molar-refractivity contribution in [3.05, 3.63) is 71.4 Å². The van der Waals surface area contributed by atoms with Gasteiger partial charge in [-0.25, -0.2) is 19.8 Å². The van der Waals surface area contributed by atoms with E-state index in [1.54, 1.807) is 6.20 Å². The number of fused-ring (bicyclic) bond motifs is 1. The summed E-state index contributed by atoms with van der Waals surface area (Å²) in [7, 11) is 2.68. The first-order valence-corrected chi connectivity index (χ1v) is 18.8. The van der Waals surface area contributed by atoms with Gasteiger partial charge in [-0.1, -0.05) is 51.7 Å². The maximum Gasteiger partial charge on any atom is 0.407 e. The van der Waals surface area contributed by atoms with Crippen molar-refractivity contribution in [2.24, 2.45) is 16.8 Å². The van der Waals surface area contributed by atoms with Gasteiger partial charge in [-0.2, -0.15) is 4.89 Å². The summed E-state index contributed by atoms with van der Waals surface area (Å²) < 4.78 is 4.78. The average Bonchev–Trinajstić information content (AvgIpc) is 4.00. The SMILES string of the molecule is COO/C=N\[C@H](C(=O)N1CCC[C@H]1c1ncc(-c2ccc(C#Cc3ccc4nc([C@]5(C)CCCN5C(=O)[C@@H](NC(=O)OC)C(C)C)[nH]c4c3)cc2)[nH]1)C(C)C. The van der Waals surface area contributed by atoms with Crippen LogP contribution in [0, 0.1) is 23.7 Å². The second kappa shape index (κ2) is 16.8. The van der Waals surface area contributed by atoms with Crippen LogP contribution in [0.1, 0.15) is 89.1 Å². The predicted molar refractivity (Wildman–Crippen MR) is 207 cm³/mol. The number of ether oxygens (including phenoxy) is 1. The number of methoxy groups -OCH3 is 1. The van der Waals surface area contributed by atoms with Gasteiger partial charge < -0.3 is 34.7 Å². The Kier molecular flexibility index (Phi) is 11.9. The third-order valence-corrected chi connectivity index (χ3v) is 10.5. The number of aromatic nitrogens is 4. The van der Waals surface area contributed by atoms with Gasteiger partial charge in [-0.3, -0.25) is 9.59 Å². The predicted octanol–water partition coefficient (Wildman–Crippen LogP) is 5.87. The Hall–Kier alpha value is -5.68. The molecule has 0 saturated carbocycles. The minimum atomic E-state index is -0.714. The van der Waals surface area contributed by atoms with Crippen molar-refractivity contribution in [3.63, 3.8) is 0 Å². The van der Waals surface area contributed by atoms with E-state index in [0.29, 0.717) is 18.9 Å².